The van der Waals surface area contributed by atoms with Gasteiger partial charge in [-0.25, -0.2) is 4.39 Å². The van der Waals surface area contributed by atoms with E-state index in [1.54, 1.807) is 13.0 Å². The van der Waals surface area contributed by atoms with Crippen molar-refractivity contribution in [2.24, 2.45) is 0 Å². The van der Waals surface area contributed by atoms with Crippen LogP contribution in [0.1, 0.15) is 18.5 Å². The Balaban J connectivity index is 1.97. The van der Waals surface area contributed by atoms with E-state index in [9.17, 15) is 14.0 Å². The lowest BCUT2D eigenvalue weighted by Gasteiger charge is -2.14. The molecule has 0 aliphatic heterocycles. The fraction of sp³-hybridized carbons (Fsp3) is 0.125. The van der Waals surface area contributed by atoms with E-state index in [1.807, 2.05) is 30.3 Å². The molecule has 108 valence electrons. The van der Waals surface area contributed by atoms with E-state index in [0.29, 0.717) is 0 Å². The van der Waals surface area contributed by atoms with Gasteiger partial charge in [-0.3, -0.25) is 9.59 Å². The topological polar surface area (TPSA) is 58.2 Å². The van der Waals surface area contributed by atoms with Crippen LogP contribution in [0, 0.1) is 5.82 Å². The molecule has 0 radical (unpaired) electrons. The third kappa shape index (κ3) is 3.89. The standard InChI is InChI=1S/C16H15FN2O2/c1-11(12-7-3-2-4-8-12)18-15(20)16(21)19-14-10-6-5-9-13(14)17/h2-11H,1H3,(H,18,20)(H,19,21). The minimum atomic E-state index is -0.900. The van der Waals surface area contributed by atoms with Gasteiger partial charge in [0.1, 0.15) is 5.82 Å². The number of rotatable bonds is 3. The second kappa shape index (κ2) is 6.65. The SMILES string of the molecule is CC(NC(=O)C(=O)Nc1ccccc1F)c1ccccc1. The highest BCUT2D eigenvalue weighted by molar-refractivity contribution is 6.39. The van der Waals surface area contributed by atoms with E-state index >= 15 is 0 Å². The lowest BCUT2D eigenvalue weighted by atomic mass is 10.1. The maximum absolute atomic E-state index is 13.4. The second-order valence-electron chi connectivity index (χ2n) is 4.54. The molecule has 0 spiro atoms. The number of halogens is 1. The predicted molar refractivity (Wildman–Crippen MR) is 78.0 cm³/mol. The molecule has 5 heteroatoms. The third-order valence-corrected chi connectivity index (χ3v) is 2.98. The van der Waals surface area contributed by atoms with E-state index in [0.717, 1.165) is 5.56 Å². The first-order valence-corrected chi connectivity index (χ1v) is 6.49. The minimum absolute atomic E-state index is 0.0231. The summed E-state index contributed by atoms with van der Waals surface area (Å²) in [5.74, 6) is -2.30. The molecule has 0 bridgehead atoms. The van der Waals surface area contributed by atoms with E-state index in [4.69, 9.17) is 0 Å². The van der Waals surface area contributed by atoms with Crippen LogP contribution in [0.15, 0.2) is 54.6 Å². The summed E-state index contributed by atoms with van der Waals surface area (Å²) in [5, 5.41) is 4.80. The van der Waals surface area contributed by atoms with Gasteiger partial charge < -0.3 is 10.6 Å². The zero-order chi connectivity index (χ0) is 15.2. The molecule has 2 N–H and O–H groups in total. The lowest BCUT2D eigenvalue weighted by molar-refractivity contribution is -0.136. The van der Waals surface area contributed by atoms with Crippen molar-refractivity contribution < 1.29 is 14.0 Å². The van der Waals surface area contributed by atoms with E-state index < -0.39 is 17.6 Å². The molecular weight excluding hydrogens is 271 g/mol. The highest BCUT2D eigenvalue weighted by Crippen LogP contribution is 2.13. The second-order valence-corrected chi connectivity index (χ2v) is 4.54. The summed E-state index contributed by atoms with van der Waals surface area (Å²) < 4.78 is 13.4. The molecule has 0 saturated carbocycles. The van der Waals surface area contributed by atoms with Crippen LogP contribution >= 0.6 is 0 Å². The van der Waals surface area contributed by atoms with Gasteiger partial charge in [0.15, 0.2) is 0 Å². The van der Waals surface area contributed by atoms with Crippen LogP contribution in [0.25, 0.3) is 0 Å². The van der Waals surface area contributed by atoms with Gasteiger partial charge in [0, 0.05) is 0 Å². The number of nitrogens with one attached hydrogen (secondary N) is 2. The van der Waals surface area contributed by atoms with Gasteiger partial charge in [-0.2, -0.15) is 0 Å². The van der Waals surface area contributed by atoms with Crippen molar-refractivity contribution >= 4 is 17.5 Å². The molecule has 2 rings (SSSR count). The molecule has 1 atom stereocenters. The normalized spacial score (nSPS) is 11.5. The molecular formula is C16H15FN2O2. The highest BCUT2D eigenvalue weighted by atomic mass is 19.1. The number of amides is 2. The molecule has 0 saturated heterocycles. The fourth-order valence-electron chi connectivity index (χ4n) is 1.83. The molecule has 0 aromatic heterocycles. The van der Waals surface area contributed by atoms with Crippen LogP contribution in [-0.2, 0) is 9.59 Å². The first-order valence-electron chi connectivity index (χ1n) is 6.49. The van der Waals surface area contributed by atoms with Crippen molar-refractivity contribution in [2.45, 2.75) is 13.0 Å². The molecule has 2 aromatic rings. The Bertz CT molecular complexity index is 644. The van der Waals surface area contributed by atoms with Gasteiger partial charge in [0.05, 0.1) is 11.7 Å². The number of carbonyl (C=O) groups is 2. The van der Waals surface area contributed by atoms with Crippen molar-refractivity contribution in [1.29, 1.82) is 0 Å². The average molecular weight is 286 g/mol. The molecule has 1 unspecified atom stereocenters. The first-order chi connectivity index (χ1) is 10.1. The van der Waals surface area contributed by atoms with Crippen LogP contribution in [0.2, 0.25) is 0 Å². The molecule has 0 aliphatic rings. The monoisotopic (exact) mass is 286 g/mol. The Hall–Kier alpha value is -2.69. The number of benzene rings is 2. The zero-order valence-electron chi connectivity index (χ0n) is 11.5. The van der Waals surface area contributed by atoms with Crippen molar-refractivity contribution in [1.82, 2.24) is 5.32 Å². The third-order valence-electron chi connectivity index (χ3n) is 2.98. The zero-order valence-corrected chi connectivity index (χ0v) is 11.5. The van der Waals surface area contributed by atoms with Crippen LogP contribution < -0.4 is 10.6 Å². The quantitative estimate of drug-likeness (QED) is 0.852. The van der Waals surface area contributed by atoms with Gasteiger partial charge in [0.25, 0.3) is 0 Å². The lowest BCUT2D eigenvalue weighted by Crippen LogP contribution is -2.37. The Morgan fingerprint density at radius 2 is 1.57 bits per heavy atom. The maximum atomic E-state index is 13.4. The Kier molecular flexibility index (Phi) is 4.66. The fourth-order valence-corrected chi connectivity index (χ4v) is 1.83. The van der Waals surface area contributed by atoms with Crippen LogP contribution in [-0.4, -0.2) is 11.8 Å². The Labute approximate surface area is 122 Å². The molecule has 2 amide bonds. The van der Waals surface area contributed by atoms with Gasteiger partial charge in [-0.1, -0.05) is 42.5 Å². The van der Waals surface area contributed by atoms with E-state index in [1.165, 1.54) is 18.2 Å². The van der Waals surface area contributed by atoms with Crippen molar-refractivity contribution in [2.75, 3.05) is 5.32 Å². The minimum Gasteiger partial charge on any atom is -0.341 e. The first kappa shape index (κ1) is 14.7. The average Bonchev–Trinajstić information content (AvgIpc) is 2.50. The molecule has 0 aliphatic carbocycles. The Morgan fingerprint density at radius 1 is 0.952 bits per heavy atom. The number of anilines is 1. The Morgan fingerprint density at radius 3 is 2.24 bits per heavy atom. The van der Waals surface area contributed by atoms with E-state index in [-0.39, 0.29) is 11.7 Å². The molecule has 2 aromatic carbocycles. The van der Waals surface area contributed by atoms with Gasteiger partial charge in [-0.05, 0) is 24.6 Å². The molecule has 4 nitrogen and oxygen atoms in total. The number of para-hydroxylation sites is 1. The van der Waals surface area contributed by atoms with Crippen molar-refractivity contribution in [3.05, 3.63) is 66.0 Å². The summed E-state index contributed by atoms with van der Waals surface area (Å²) >= 11 is 0. The molecule has 0 heterocycles. The molecule has 0 fully saturated rings. The van der Waals surface area contributed by atoms with Gasteiger partial charge in [-0.15, -0.1) is 0 Å². The summed E-state index contributed by atoms with van der Waals surface area (Å²) in [6.45, 7) is 1.77. The van der Waals surface area contributed by atoms with Crippen LogP contribution in [0.4, 0.5) is 10.1 Å². The number of carbonyl (C=O) groups excluding carboxylic acids is 2. The van der Waals surface area contributed by atoms with Crippen molar-refractivity contribution in [3.8, 4) is 0 Å². The van der Waals surface area contributed by atoms with Crippen molar-refractivity contribution in [3.63, 3.8) is 0 Å². The van der Waals surface area contributed by atoms with Gasteiger partial charge in [0.2, 0.25) is 0 Å². The number of hydrogen-bond acceptors (Lipinski definition) is 2. The summed E-state index contributed by atoms with van der Waals surface area (Å²) in [6.07, 6.45) is 0. The number of hydrogen-bond donors (Lipinski definition) is 2. The summed E-state index contributed by atoms with van der Waals surface area (Å²) in [7, 11) is 0. The smallest absolute Gasteiger partial charge is 0.313 e. The van der Waals surface area contributed by atoms with Crippen LogP contribution in [0.5, 0.6) is 0 Å². The molecule has 21 heavy (non-hydrogen) atoms. The summed E-state index contributed by atoms with van der Waals surface area (Å²) in [4.78, 5) is 23.5. The largest absolute Gasteiger partial charge is 0.341 e. The maximum Gasteiger partial charge on any atom is 0.313 e. The summed E-state index contributed by atoms with van der Waals surface area (Å²) in [5.41, 5.74) is 0.856. The van der Waals surface area contributed by atoms with E-state index in [2.05, 4.69) is 10.6 Å². The highest BCUT2D eigenvalue weighted by Gasteiger charge is 2.18. The summed E-state index contributed by atoms with van der Waals surface area (Å²) in [6, 6.07) is 14.6. The predicted octanol–water partition coefficient (Wildman–Crippen LogP) is 2.64. The van der Waals surface area contributed by atoms with Gasteiger partial charge >= 0.3 is 11.8 Å². The van der Waals surface area contributed by atoms with Crippen LogP contribution in [0.3, 0.4) is 0 Å².